The average molecular weight is 258 g/mol. The Morgan fingerprint density at radius 1 is 1.59 bits per heavy atom. The van der Waals surface area contributed by atoms with Crippen LogP contribution < -0.4 is 5.32 Å². The predicted octanol–water partition coefficient (Wildman–Crippen LogP) is 2.39. The molecule has 1 aromatic rings. The lowest BCUT2D eigenvalue weighted by molar-refractivity contribution is 0.0858. The molecule has 1 saturated heterocycles. The van der Waals surface area contributed by atoms with Crippen LogP contribution in [0, 0.1) is 5.82 Å². The van der Waals surface area contributed by atoms with Crippen molar-refractivity contribution in [3.63, 3.8) is 0 Å². The van der Waals surface area contributed by atoms with Crippen molar-refractivity contribution in [3.05, 3.63) is 34.6 Å². The van der Waals surface area contributed by atoms with Crippen LogP contribution in [-0.2, 0) is 4.74 Å². The number of amides is 1. The maximum atomic E-state index is 12.8. The standard InChI is InChI=1S/C12H13ClFNO2/c13-11-6-8(14)3-4-10(11)12(16)15-7-9-2-1-5-17-9/h3-4,6,9H,1-2,5,7H2,(H,15,16)/t9-/m1/s1. The number of rotatable bonds is 3. The zero-order valence-corrected chi connectivity index (χ0v) is 9.97. The van der Waals surface area contributed by atoms with Gasteiger partial charge in [0.05, 0.1) is 16.7 Å². The van der Waals surface area contributed by atoms with E-state index in [0.717, 1.165) is 25.5 Å². The number of carbonyl (C=O) groups excluding carboxylic acids is 1. The Labute approximate surface area is 104 Å². The quantitative estimate of drug-likeness (QED) is 0.903. The molecule has 1 amide bonds. The van der Waals surface area contributed by atoms with Crippen molar-refractivity contribution < 1.29 is 13.9 Å². The van der Waals surface area contributed by atoms with E-state index in [4.69, 9.17) is 16.3 Å². The van der Waals surface area contributed by atoms with Gasteiger partial charge < -0.3 is 10.1 Å². The Balaban J connectivity index is 1.94. The number of ether oxygens (including phenoxy) is 1. The molecule has 2 rings (SSSR count). The van der Waals surface area contributed by atoms with Crippen LogP contribution in [0.1, 0.15) is 23.2 Å². The first-order chi connectivity index (χ1) is 8.16. The summed E-state index contributed by atoms with van der Waals surface area (Å²) >= 11 is 5.79. The molecule has 1 fully saturated rings. The molecule has 0 radical (unpaired) electrons. The summed E-state index contributed by atoms with van der Waals surface area (Å²) in [6, 6.07) is 3.72. The monoisotopic (exact) mass is 257 g/mol. The topological polar surface area (TPSA) is 38.3 Å². The van der Waals surface area contributed by atoms with E-state index in [1.54, 1.807) is 0 Å². The van der Waals surface area contributed by atoms with Crippen molar-refractivity contribution in [3.8, 4) is 0 Å². The molecule has 0 aromatic heterocycles. The normalized spacial score (nSPS) is 19.3. The van der Waals surface area contributed by atoms with Gasteiger partial charge in [-0.25, -0.2) is 4.39 Å². The minimum absolute atomic E-state index is 0.0816. The van der Waals surface area contributed by atoms with Gasteiger partial charge in [-0.05, 0) is 31.0 Å². The zero-order chi connectivity index (χ0) is 12.3. The second kappa shape index (κ2) is 5.47. The maximum absolute atomic E-state index is 12.8. The van der Waals surface area contributed by atoms with Gasteiger partial charge >= 0.3 is 0 Å². The summed E-state index contributed by atoms with van der Waals surface area (Å²) in [6.45, 7) is 1.21. The van der Waals surface area contributed by atoms with Gasteiger partial charge in [-0.15, -0.1) is 0 Å². The van der Waals surface area contributed by atoms with Crippen LogP contribution in [-0.4, -0.2) is 25.2 Å². The van der Waals surface area contributed by atoms with Crippen molar-refractivity contribution in [1.29, 1.82) is 0 Å². The summed E-state index contributed by atoms with van der Waals surface area (Å²) in [5.41, 5.74) is 0.283. The third-order valence-corrected chi connectivity index (χ3v) is 3.00. The summed E-state index contributed by atoms with van der Waals surface area (Å²) < 4.78 is 18.2. The smallest absolute Gasteiger partial charge is 0.252 e. The lowest BCUT2D eigenvalue weighted by Crippen LogP contribution is -2.31. The van der Waals surface area contributed by atoms with Gasteiger partial charge in [0.15, 0.2) is 0 Å². The number of carbonyl (C=O) groups is 1. The molecule has 1 aliphatic rings. The van der Waals surface area contributed by atoms with Crippen LogP contribution in [0.25, 0.3) is 0 Å². The molecule has 0 saturated carbocycles. The van der Waals surface area contributed by atoms with Crippen molar-refractivity contribution in [2.24, 2.45) is 0 Å². The van der Waals surface area contributed by atoms with Crippen LogP contribution in [0.5, 0.6) is 0 Å². The van der Waals surface area contributed by atoms with Gasteiger partial charge in [-0.3, -0.25) is 4.79 Å². The van der Waals surface area contributed by atoms with Crippen LogP contribution in [0.15, 0.2) is 18.2 Å². The maximum Gasteiger partial charge on any atom is 0.252 e. The first-order valence-corrected chi connectivity index (χ1v) is 5.89. The molecule has 1 aromatic carbocycles. The minimum Gasteiger partial charge on any atom is -0.376 e. The van der Waals surface area contributed by atoms with E-state index in [2.05, 4.69) is 5.32 Å². The van der Waals surface area contributed by atoms with Gasteiger partial charge in [-0.1, -0.05) is 11.6 Å². The van der Waals surface area contributed by atoms with E-state index in [-0.39, 0.29) is 22.6 Å². The van der Waals surface area contributed by atoms with E-state index in [1.165, 1.54) is 12.1 Å². The lowest BCUT2D eigenvalue weighted by Gasteiger charge is -2.11. The van der Waals surface area contributed by atoms with Crippen LogP contribution in [0.3, 0.4) is 0 Å². The highest BCUT2D eigenvalue weighted by atomic mass is 35.5. The summed E-state index contributed by atoms with van der Waals surface area (Å²) in [6.07, 6.45) is 2.06. The van der Waals surface area contributed by atoms with E-state index in [0.29, 0.717) is 6.54 Å². The van der Waals surface area contributed by atoms with Gasteiger partial charge in [0.2, 0.25) is 0 Å². The molecule has 1 heterocycles. The molecule has 0 aliphatic carbocycles. The van der Waals surface area contributed by atoms with Crippen molar-refractivity contribution >= 4 is 17.5 Å². The second-order valence-corrected chi connectivity index (χ2v) is 4.38. The predicted molar refractivity (Wildman–Crippen MR) is 62.7 cm³/mol. The first kappa shape index (κ1) is 12.3. The third-order valence-electron chi connectivity index (χ3n) is 2.69. The summed E-state index contributed by atoms with van der Waals surface area (Å²) in [4.78, 5) is 11.8. The van der Waals surface area contributed by atoms with E-state index in [9.17, 15) is 9.18 Å². The zero-order valence-electron chi connectivity index (χ0n) is 9.21. The Morgan fingerprint density at radius 2 is 2.41 bits per heavy atom. The third kappa shape index (κ3) is 3.17. The lowest BCUT2D eigenvalue weighted by atomic mass is 10.2. The highest BCUT2D eigenvalue weighted by molar-refractivity contribution is 6.33. The second-order valence-electron chi connectivity index (χ2n) is 3.97. The largest absolute Gasteiger partial charge is 0.376 e. The van der Waals surface area contributed by atoms with Gasteiger partial charge in [0, 0.05) is 13.2 Å². The van der Waals surface area contributed by atoms with E-state index >= 15 is 0 Å². The van der Waals surface area contributed by atoms with Gasteiger partial charge in [0.1, 0.15) is 5.82 Å². The molecule has 1 atom stereocenters. The number of halogens is 2. The van der Waals surface area contributed by atoms with E-state index in [1.807, 2.05) is 0 Å². The Bertz CT molecular complexity index is 419. The number of hydrogen-bond acceptors (Lipinski definition) is 2. The molecule has 0 bridgehead atoms. The molecule has 5 heteroatoms. The summed E-state index contributed by atoms with van der Waals surface area (Å²) in [5, 5.41) is 2.85. The molecule has 3 nitrogen and oxygen atoms in total. The Kier molecular flexibility index (Phi) is 3.97. The first-order valence-electron chi connectivity index (χ1n) is 5.51. The highest BCUT2D eigenvalue weighted by Crippen LogP contribution is 2.17. The fourth-order valence-corrected chi connectivity index (χ4v) is 2.03. The number of nitrogens with one attached hydrogen (secondary N) is 1. The van der Waals surface area contributed by atoms with Crippen molar-refractivity contribution in [1.82, 2.24) is 5.32 Å². The SMILES string of the molecule is O=C(NC[C@H]1CCCO1)c1ccc(F)cc1Cl. The number of benzene rings is 1. The fourth-order valence-electron chi connectivity index (χ4n) is 1.78. The summed E-state index contributed by atoms with van der Waals surface area (Å²) in [5.74, 6) is -0.754. The minimum atomic E-state index is -0.453. The fraction of sp³-hybridized carbons (Fsp3) is 0.417. The Morgan fingerprint density at radius 3 is 3.06 bits per heavy atom. The molecule has 1 aliphatic heterocycles. The van der Waals surface area contributed by atoms with Crippen LogP contribution in [0.2, 0.25) is 5.02 Å². The van der Waals surface area contributed by atoms with Crippen molar-refractivity contribution in [2.75, 3.05) is 13.2 Å². The van der Waals surface area contributed by atoms with Gasteiger partial charge in [0.25, 0.3) is 5.91 Å². The summed E-state index contributed by atoms with van der Waals surface area (Å²) in [7, 11) is 0. The molecule has 1 N–H and O–H groups in total. The molecular weight excluding hydrogens is 245 g/mol. The van der Waals surface area contributed by atoms with E-state index < -0.39 is 5.82 Å². The number of hydrogen-bond donors (Lipinski definition) is 1. The Hall–Kier alpha value is -1.13. The molecule has 17 heavy (non-hydrogen) atoms. The molecular formula is C12H13ClFNO2. The van der Waals surface area contributed by atoms with Gasteiger partial charge in [-0.2, -0.15) is 0 Å². The molecule has 0 spiro atoms. The average Bonchev–Trinajstić information content (AvgIpc) is 2.78. The van der Waals surface area contributed by atoms with Crippen LogP contribution in [0.4, 0.5) is 4.39 Å². The highest BCUT2D eigenvalue weighted by Gasteiger charge is 2.17. The molecule has 0 unspecified atom stereocenters. The van der Waals surface area contributed by atoms with Crippen molar-refractivity contribution in [2.45, 2.75) is 18.9 Å². The molecule has 92 valence electrons. The van der Waals surface area contributed by atoms with Crippen LogP contribution >= 0.6 is 11.6 Å².